The van der Waals surface area contributed by atoms with Gasteiger partial charge in [0, 0.05) is 17.7 Å². The summed E-state index contributed by atoms with van der Waals surface area (Å²) in [6, 6.07) is 23.7. The van der Waals surface area contributed by atoms with Crippen molar-refractivity contribution in [1.29, 1.82) is 0 Å². The first-order chi connectivity index (χ1) is 15.1. The minimum atomic E-state index is -0.0946. The van der Waals surface area contributed by atoms with Gasteiger partial charge < -0.3 is 14.8 Å². The number of para-hydroxylation sites is 1. The van der Waals surface area contributed by atoms with Crippen LogP contribution in [0.3, 0.4) is 0 Å². The van der Waals surface area contributed by atoms with Gasteiger partial charge in [0.15, 0.2) is 0 Å². The number of hydrogen-bond acceptors (Lipinski definition) is 3. The quantitative estimate of drug-likeness (QED) is 0.456. The van der Waals surface area contributed by atoms with Crippen LogP contribution in [0.1, 0.15) is 53.7 Å². The van der Waals surface area contributed by atoms with Crippen molar-refractivity contribution in [3.05, 3.63) is 95.1 Å². The topological polar surface area (TPSA) is 47.6 Å². The maximum atomic E-state index is 12.7. The number of ether oxygens (including phenoxy) is 2. The first-order valence-corrected chi connectivity index (χ1v) is 10.9. The molecule has 0 bridgehead atoms. The molecular formula is C27H31NO3. The lowest BCUT2D eigenvalue weighted by Crippen LogP contribution is -2.25. The van der Waals surface area contributed by atoms with E-state index in [0.29, 0.717) is 31.2 Å². The lowest BCUT2D eigenvalue weighted by molar-refractivity contribution is 0.0954. The third-order valence-corrected chi connectivity index (χ3v) is 5.09. The summed E-state index contributed by atoms with van der Waals surface area (Å²) in [4.78, 5) is 12.7. The number of rotatable bonds is 10. The predicted molar refractivity (Wildman–Crippen MR) is 125 cm³/mol. The SMILES string of the molecule is CCOc1ccc(C(=O)NCCc2ccccc2)cc1COc1ccccc1C(C)C. The number of benzene rings is 3. The molecule has 0 atom stereocenters. The Bertz CT molecular complexity index is 983. The largest absolute Gasteiger partial charge is 0.493 e. The van der Waals surface area contributed by atoms with Gasteiger partial charge in [0.05, 0.1) is 6.61 Å². The Balaban J connectivity index is 1.69. The maximum Gasteiger partial charge on any atom is 0.251 e. The van der Waals surface area contributed by atoms with E-state index < -0.39 is 0 Å². The molecule has 0 saturated heterocycles. The van der Waals surface area contributed by atoms with Gasteiger partial charge >= 0.3 is 0 Å². The van der Waals surface area contributed by atoms with E-state index in [1.807, 2.05) is 55.5 Å². The molecule has 0 aromatic heterocycles. The van der Waals surface area contributed by atoms with Crippen molar-refractivity contribution in [2.45, 2.75) is 39.7 Å². The molecule has 4 nitrogen and oxygen atoms in total. The van der Waals surface area contributed by atoms with E-state index in [4.69, 9.17) is 9.47 Å². The highest BCUT2D eigenvalue weighted by molar-refractivity contribution is 5.94. The van der Waals surface area contributed by atoms with Crippen molar-refractivity contribution in [3.8, 4) is 11.5 Å². The molecule has 0 saturated carbocycles. The van der Waals surface area contributed by atoms with Crippen LogP contribution in [0.15, 0.2) is 72.8 Å². The Hall–Kier alpha value is -3.27. The van der Waals surface area contributed by atoms with Crippen LogP contribution in [0.5, 0.6) is 11.5 Å². The van der Waals surface area contributed by atoms with Gasteiger partial charge in [-0.1, -0.05) is 62.4 Å². The van der Waals surface area contributed by atoms with Gasteiger partial charge in [0.2, 0.25) is 0 Å². The van der Waals surface area contributed by atoms with Crippen LogP contribution < -0.4 is 14.8 Å². The molecule has 3 aromatic rings. The fourth-order valence-electron chi connectivity index (χ4n) is 3.44. The average molecular weight is 418 g/mol. The van der Waals surface area contributed by atoms with Crippen LogP contribution in [-0.2, 0) is 13.0 Å². The fraction of sp³-hybridized carbons (Fsp3) is 0.296. The van der Waals surface area contributed by atoms with E-state index in [9.17, 15) is 4.79 Å². The highest BCUT2D eigenvalue weighted by Crippen LogP contribution is 2.28. The molecule has 3 aromatic carbocycles. The normalized spacial score (nSPS) is 10.7. The third kappa shape index (κ3) is 6.35. The van der Waals surface area contributed by atoms with E-state index in [1.165, 1.54) is 5.56 Å². The lowest BCUT2D eigenvalue weighted by atomic mass is 10.0. The lowest BCUT2D eigenvalue weighted by Gasteiger charge is -2.16. The molecule has 0 aliphatic rings. The molecular weight excluding hydrogens is 386 g/mol. The van der Waals surface area contributed by atoms with Gasteiger partial charge in [-0.25, -0.2) is 0 Å². The van der Waals surface area contributed by atoms with Crippen molar-refractivity contribution in [2.75, 3.05) is 13.2 Å². The van der Waals surface area contributed by atoms with Gasteiger partial charge in [0.1, 0.15) is 18.1 Å². The molecule has 0 fully saturated rings. The highest BCUT2D eigenvalue weighted by Gasteiger charge is 2.13. The van der Waals surface area contributed by atoms with Crippen LogP contribution in [0.4, 0.5) is 0 Å². The van der Waals surface area contributed by atoms with Crippen molar-refractivity contribution in [1.82, 2.24) is 5.32 Å². The van der Waals surface area contributed by atoms with Crippen LogP contribution in [0.25, 0.3) is 0 Å². The minimum Gasteiger partial charge on any atom is -0.493 e. The zero-order valence-electron chi connectivity index (χ0n) is 18.6. The van der Waals surface area contributed by atoms with E-state index in [0.717, 1.165) is 29.0 Å². The molecule has 162 valence electrons. The summed E-state index contributed by atoms with van der Waals surface area (Å²) in [5.41, 5.74) is 3.83. The fourth-order valence-corrected chi connectivity index (χ4v) is 3.44. The third-order valence-electron chi connectivity index (χ3n) is 5.09. The highest BCUT2D eigenvalue weighted by atomic mass is 16.5. The summed E-state index contributed by atoms with van der Waals surface area (Å²) in [6.07, 6.45) is 0.797. The van der Waals surface area contributed by atoms with Gasteiger partial charge in [0.25, 0.3) is 5.91 Å². The number of carbonyl (C=O) groups excluding carboxylic acids is 1. The van der Waals surface area contributed by atoms with Gasteiger partial charge in [-0.15, -0.1) is 0 Å². The molecule has 3 rings (SSSR count). The van der Waals surface area contributed by atoms with Gasteiger partial charge in [-0.2, -0.15) is 0 Å². The Labute approximate surface area is 185 Å². The Morgan fingerprint density at radius 2 is 1.65 bits per heavy atom. The molecule has 0 unspecified atom stereocenters. The Kier molecular flexibility index (Phi) is 8.11. The summed E-state index contributed by atoms with van der Waals surface area (Å²) in [5.74, 6) is 1.87. The molecule has 0 spiro atoms. The predicted octanol–water partition coefficient (Wildman–Crippen LogP) is 5.76. The summed E-state index contributed by atoms with van der Waals surface area (Å²) in [5, 5.41) is 3.00. The molecule has 4 heteroatoms. The maximum absolute atomic E-state index is 12.7. The van der Waals surface area contributed by atoms with Crippen LogP contribution in [0.2, 0.25) is 0 Å². The summed E-state index contributed by atoms with van der Waals surface area (Å²) in [6.45, 7) is 7.72. The number of hydrogen-bond donors (Lipinski definition) is 1. The molecule has 0 aliphatic carbocycles. The van der Waals surface area contributed by atoms with Gasteiger partial charge in [-0.3, -0.25) is 4.79 Å². The first-order valence-electron chi connectivity index (χ1n) is 10.9. The summed E-state index contributed by atoms with van der Waals surface area (Å²) < 4.78 is 11.9. The molecule has 0 aliphatic heterocycles. The van der Waals surface area contributed by atoms with E-state index in [2.05, 4.69) is 37.4 Å². The minimum absolute atomic E-state index is 0.0946. The number of carbonyl (C=O) groups is 1. The molecule has 1 amide bonds. The first kappa shape index (κ1) is 22.4. The van der Waals surface area contributed by atoms with E-state index in [1.54, 1.807) is 6.07 Å². The van der Waals surface area contributed by atoms with E-state index in [-0.39, 0.29) is 5.91 Å². The van der Waals surface area contributed by atoms with E-state index >= 15 is 0 Å². The second-order valence-electron chi connectivity index (χ2n) is 7.73. The van der Waals surface area contributed by atoms with Crippen LogP contribution >= 0.6 is 0 Å². The van der Waals surface area contributed by atoms with Crippen LogP contribution in [-0.4, -0.2) is 19.1 Å². The zero-order valence-corrected chi connectivity index (χ0v) is 18.6. The standard InChI is InChI=1S/C27H31NO3/c1-4-30-25-15-14-22(27(29)28-17-16-21-10-6-5-7-11-21)18-23(25)19-31-26-13-9-8-12-24(26)20(2)3/h5-15,18,20H,4,16-17,19H2,1-3H3,(H,28,29). The Morgan fingerprint density at radius 1 is 0.903 bits per heavy atom. The molecule has 0 heterocycles. The summed E-state index contributed by atoms with van der Waals surface area (Å²) >= 11 is 0. The molecule has 1 N–H and O–H groups in total. The van der Waals surface area contributed by atoms with Crippen molar-refractivity contribution in [2.24, 2.45) is 0 Å². The van der Waals surface area contributed by atoms with Crippen molar-refractivity contribution >= 4 is 5.91 Å². The smallest absolute Gasteiger partial charge is 0.251 e. The van der Waals surface area contributed by atoms with Crippen molar-refractivity contribution in [3.63, 3.8) is 0 Å². The Morgan fingerprint density at radius 3 is 2.39 bits per heavy atom. The zero-order chi connectivity index (χ0) is 22.1. The average Bonchev–Trinajstić information content (AvgIpc) is 2.79. The van der Waals surface area contributed by atoms with Crippen LogP contribution in [0, 0.1) is 0 Å². The second-order valence-corrected chi connectivity index (χ2v) is 7.73. The number of amides is 1. The van der Waals surface area contributed by atoms with Gasteiger partial charge in [-0.05, 0) is 54.7 Å². The monoisotopic (exact) mass is 417 g/mol. The molecule has 31 heavy (non-hydrogen) atoms. The molecule has 0 radical (unpaired) electrons. The summed E-state index contributed by atoms with van der Waals surface area (Å²) in [7, 11) is 0. The number of nitrogens with one attached hydrogen (secondary N) is 1. The second kappa shape index (κ2) is 11.2. The van der Waals surface area contributed by atoms with Crippen molar-refractivity contribution < 1.29 is 14.3 Å².